The first-order chi connectivity index (χ1) is 36.1. The van der Waals surface area contributed by atoms with Gasteiger partial charge in [0.2, 0.25) is 11.8 Å². The fraction of sp³-hybridized carbons (Fsp3) is 0.362. The van der Waals surface area contributed by atoms with Crippen molar-refractivity contribution in [2.24, 2.45) is 11.8 Å². The second-order valence-corrected chi connectivity index (χ2v) is 19.6. The summed E-state index contributed by atoms with van der Waals surface area (Å²) < 4.78 is 19.9. The number of nitrogens with zero attached hydrogens (tertiary/aromatic N) is 6. The van der Waals surface area contributed by atoms with E-state index >= 15 is 19.2 Å². The van der Waals surface area contributed by atoms with Crippen molar-refractivity contribution in [1.82, 2.24) is 30.1 Å². The van der Waals surface area contributed by atoms with E-state index in [0.717, 1.165) is 35.2 Å². The Hall–Kier alpha value is -7.87. The van der Waals surface area contributed by atoms with Gasteiger partial charge < -0.3 is 29.5 Å². The molecular formula is C58H59N7O9. The first-order valence-electron chi connectivity index (χ1n) is 25.4. The van der Waals surface area contributed by atoms with Crippen LogP contribution in [0.25, 0.3) is 11.0 Å². The summed E-state index contributed by atoms with van der Waals surface area (Å²) in [6.45, 7) is 3.98. The summed E-state index contributed by atoms with van der Waals surface area (Å²) in [5.41, 5.74) is 2.12. The van der Waals surface area contributed by atoms with Crippen LogP contribution >= 0.6 is 0 Å². The number of amides is 4. The molecule has 380 valence electrons. The number of ether oxygens (including phenoxy) is 3. The normalized spacial score (nSPS) is 23.0. The van der Waals surface area contributed by atoms with Gasteiger partial charge in [-0.25, -0.2) is 19.2 Å². The molecule has 3 fully saturated rings. The largest absolute Gasteiger partial charge is 0.491 e. The van der Waals surface area contributed by atoms with Gasteiger partial charge in [0.25, 0.3) is 0 Å². The van der Waals surface area contributed by atoms with Gasteiger partial charge in [0.05, 0.1) is 42.9 Å². The van der Waals surface area contributed by atoms with Crippen LogP contribution in [-0.4, -0.2) is 105 Å². The molecule has 10 rings (SSSR count). The van der Waals surface area contributed by atoms with E-state index in [-0.39, 0.29) is 31.0 Å². The average molecular weight is 998 g/mol. The lowest BCUT2D eigenvalue weighted by Gasteiger charge is -2.46. The molecule has 7 atom stereocenters. The van der Waals surface area contributed by atoms with E-state index in [1.165, 1.54) is 7.11 Å². The second-order valence-electron chi connectivity index (χ2n) is 19.6. The summed E-state index contributed by atoms with van der Waals surface area (Å²) in [7, 11) is 1.23. The molecule has 16 heteroatoms. The van der Waals surface area contributed by atoms with Crippen LogP contribution in [0.15, 0.2) is 127 Å². The van der Waals surface area contributed by atoms with Gasteiger partial charge >= 0.3 is 18.0 Å². The zero-order valence-corrected chi connectivity index (χ0v) is 41.6. The number of urea groups is 1. The Bertz CT molecular complexity index is 3130. The van der Waals surface area contributed by atoms with Gasteiger partial charge in [-0.3, -0.25) is 19.3 Å². The third-order valence-corrected chi connectivity index (χ3v) is 14.9. The van der Waals surface area contributed by atoms with Gasteiger partial charge in [0.15, 0.2) is 0 Å². The molecule has 4 aliphatic heterocycles. The highest BCUT2D eigenvalue weighted by Crippen LogP contribution is 2.67. The van der Waals surface area contributed by atoms with Crippen LogP contribution in [0.5, 0.6) is 5.75 Å². The minimum absolute atomic E-state index is 0.114. The minimum Gasteiger partial charge on any atom is -0.491 e. The molecule has 0 radical (unpaired) electrons. The molecule has 2 N–H and O–H groups in total. The third-order valence-electron chi connectivity index (χ3n) is 14.9. The lowest BCUT2D eigenvalue weighted by atomic mass is 9.64. The summed E-state index contributed by atoms with van der Waals surface area (Å²) in [5.74, 6) is 2.17. The van der Waals surface area contributed by atoms with Crippen molar-refractivity contribution in [3.63, 3.8) is 0 Å². The van der Waals surface area contributed by atoms with E-state index in [1.54, 1.807) is 59.8 Å². The van der Waals surface area contributed by atoms with E-state index in [4.69, 9.17) is 14.2 Å². The van der Waals surface area contributed by atoms with Crippen LogP contribution in [0, 0.1) is 23.7 Å². The number of imide groups is 1. The summed E-state index contributed by atoms with van der Waals surface area (Å²) in [5, 5.41) is 21.6. The molecule has 1 spiro atoms. The number of aliphatic hydroxyl groups is 1. The van der Waals surface area contributed by atoms with Crippen molar-refractivity contribution < 1.29 is 43.3 Å². The van der Waals surface area contributed by atoms with Crippen LogP contribution in [0.1, 0.15) is 92.0 Å². The predicted molar refractivity (Wildman–Crippen MR) is 274 cm³/mol. The Kier molecular flexibility index (Phi) is 14.3. The van der Waals surface area contributed by atoms with Crippen molar-refractivity contribution in [2.75, 3.05) is 38.3 Å². The van der Waals surface area contributed by atoms with Crippen LogP contribution in [0.4, 0.5) is 10.5 Å². The summed E-state index contributed by atoms with van der Waals surface area (Å²) in [6.07, 6.45) is 3.26. The van der Waals surface area contributed by atoms with Crippen molar-refractivity contribution in [3.05, 3.63) is 155 Å². The molecule has 0 aliphatic carbocycles. The number of rotatable bonds is 11. The second kappa shape index (κ2) is 21.3. The molecule has 3 saturated heterocycles. The van der Waals surface area contributed by atoms with E-state index in [9.17, 15) is 9.90 Å². The highest BCUT2D eigenvalue weighted by molar-refractivity contribution is 6.25. The van der Waals surface area contributed by atoms with E-state index in [0.29, 0.717) is 53.9 Å². The van der Waals surface area contributed by atoms with Gasteiger partial charge in [0.1, 0.15) is 48.0 Å². The monoisotopic (exact) mass is 997 g/mol. The van der Waals surface area contributed by atoms with Crippen LogP contribution in [0.2, 0.25) is 0 Å². The van der Waals surface area contributed by atoms with Gasteiger partial charge in [-0.2, -0.15) is 0 Å². The molecule has 16 nitrogen and oxygen atoms in total. The maximum atomic E-state index is 17.0. The Morgan fingerprint density at radius 1 is 0.838 bits per heavy atom. The standard InChI is InChI=1S/C58H59N7O9/c1-37(2)48(54(68)72-3)59-57(71)64-44-30-29-38(20-19-33-63-45-27-15-14-26-43(45)60-61-63)36-42(44)58(56(64)70)47(53(67)62-31-17-5-4-6-18-32-62)50-55(69)74-51(40-23-11-8-12-24-40)49(39-21-9-7-10-22-39)65(50)52(58)41-25-13-16-28-46(41)73-35-34-66/h7-16,21-30,36-37,47-52,66H,4-6,17-18,31-35H2,1-3H3,(H,59,71)/t47-,48-,49-,50-,51+,52+,58-/m0/s1. The number of cyclic esters (lactones) is 1. The first kappa shape index (κ1) is 49.7. The van der Waals surface area contributed by atoms with Crippen molar-refractivity contribution in [3.8, 4) is 17.6 Å². The fourth-order valence-electron chi connectivity index (χ4n) is 11.7. The molecule has 1 aromatic heterocycles. The van der Waals surface area contributed by atoms with Gasteiger partial charge in [-0.1, -0.05) is 141 Å². The zero-order valence-electron chi connectivity index (χ0n) is 41.6. The molecule has 4 aliphatic rings. The van der Waals surface area contributed by atoms with Gasteiger partial charge in [-0.05, 0) is 71.8 Å². The number of likely N-dealkylation sites (tertiary alicyclic amines) is 1. The number of aromatic nitrogens is 3. The highest BCUT2D eigenvalue weighted by atomic mass is 16.6. The SMILES string of the molecule is COC(=O)[C@@H](NC(=O)N1C(=O)[C@@]2(c3cc(C#CCn4nnc5ccccc54)ccc31)[C@H](C(=O)N1CCCCCCC1)[C@H]1C(=O)O[C@H](c3ccccc3)[C@H](c3ccccc3)N1[C@@H]2c1ccccc1OCCO)C(C)C. The molecule has 6 aromatic rings. The topological polar surface area (TPSA) is 186 Å². The van der Waals surface area contributed by atoms with E-state index in [1.807, 2.05) is 95.9 Å². The number of fused-ring (bicyclic) bond motifs is 4. The number of anilines is 1. The Morgan fingerprint density at radius 2 is 1.51 bits per heavy atom. The van der Waals surface area contributed by atoms with E-state index in [2.05, 4.69) is 27.5 Å². The number of nitrogens with one attached hydrogen (secondary N) is 1. The minimum atomic E-state index is -2.11. The molecule has 5 heterocycles. The molecule has 0 unspecified atom stereocenters. The molecule has 0 bridgehead atoms. The van der Waals surface area contributed by atoms with Crippen molar-refractivity contribution in [1.29, 1.82) is 0 Å². The van der Waals surface area contributed by atoms with Crippen molar-refractivity contribution in [2.45, 2.75) is 88.2 Å². The number of benzene rings is 5. The van der Waals surface area contributed by atoms with Crippen LogP contribution in [-0.2, 0) is 40.6 Å². The third kappa shape index (κ3) is 8.83. The molecule has 4 amide bonds. The summed E-state index contributed by atoms with van der Waals surface area (Å²) in [6, 6.07) is 33.1. The molecule has 5 aromatic carbocycles. The molecule has 74 heavy (non-hydrogen) atoms. The number of aliphatic hydroxyl groups excluding tert-OH is 1. The smallest absolute Gasteiger partial charge is 0.329 e. The zero-order chi connectivity index (χ0) is 51.5. The maximum absolute atomic E-state index is 17.0. The number of hydrogen-bond acceptors (Lipinski definition) is 12. The predicted octanol–water partition coefficient (Wildman–Crippen LogP) is 7.22. The highest BCUT2D eigenvalue weighted by Gasteiger charge is 2.76. The maximum Gasteiger partial charge on any atom is 0.329 e. The molecule has 0 saturated carbocycles. The average Bonchev–Trinajstić information content (AvgIpc) is 4.05. The first-order valence-corrected chi connectivity index (χ1v) is 25.4. The lowest BCUT2D eigenvalue weighted by molar-refractivity contribution is -0.179. The Labute approximate surface area is 429 Å². The summed E-state index contributed by atoms with van der Waals surface area (Å²) in [4.78, 5) is 82.5. The molecular weight excluding hydrogens is 939 g/mol. The van der Waals surface area contributed by atoms with Gasteiger partial charge in [0, 0.05) is 24.2 Å². The van der Waals surface area contributed by atoms with Crippen LogP contribution < -0.4 is 15.0 Å². The number of carbonyl (C=O) groups excluding carboxylic acids is 5. The number of morpholine rings is 1. The Morgan fingerprint density at radius 3 is 2.23 bits per heavy atom. The van der Waals surface area contributed by atoms with E-state index < -0.39 is 77.3 Å². The van der Waals surface area contributed by atoms with Gasteiger partial charge in [-0.15, -0.1) is 5.10 Å². The number of esters is 2. The Balaban J connectivity index is 1.27. The number of hydrogen-bond donors (Lipinski definition) is 2. The summed E-state index contributed by atoms with van der Waals surface area (Å²) >= 11 is 0. The number of carbonyl (C=O) groups is 5. The lowest BCUT2D eigenvalue weighted by Crippen LogP contribution is -2.58. The number of para-hydroxylation sites is 2. The van der Waals surface area contributed by atoms with Crippen molar-refractivity contribution >= 4 is 46.5 Å². The quantitative estimate of drug-likeness (QED) is 0.0983. The van der Waals surface area contributed by atoms with Crippen LogP contribution in [0.3, 0.4) is 0 Å². The fourth-order valence-corrected chi connectivity index (χ4v) is 11.7. The number of methoxy groups -OCH3 is 1.